The molecule has 0 aliphatic carbocycles. The summed E-state index contributed by atoms with van der Waals surface area (Å²) in [4.78, 5) is 28.5. The second-order valence-electron chi connectivity index (χ2n) is 5.62. The number of aromatic nitrogens is 3. The second-order valence-corrected chi connectivity index (χ2v) is 6.89. The van der Waals surface area contributed by atoms with Crippen molar-refractivity contribution in [2.24, 2.45) is 7.05 Å². The molecule has 1 aromatic carbocycles. The predicted octanol–water partition coefficient (Wildman–Crippen LogP) is 3.55. The fourth-order valence-electron chi connectivity index (χ4n) is 2.48. The van der Waals surface area contributed by atoms with Crippen LogP contribution in [0.4, 0.5) is 5.13 Å². The Kier molecular flexibility index (Phi) is 5.88. The highest BCUT2D eigenvalue weighted by Crippen LogP contribution is 2.29. The molecule has 0 aliphatic heterocycles. The molecular formula is C18H17ClN4O3S. The average molecular weight is 405 g/mol. The molecule has 0 bridgehead atoms. The Hall–Kier alpha value is -2.71. The summed E-state index contributed by atoms with van der Waals surface area (Å²) in [5, 5.41) is 9.73. The van der Waals surface area contributed by atoms with Crippen molar-refractivity contribution >= 4 is 39.9 Å². The molecule has 140 valence electrons. The van der Waals surface area contributed by atoms with Gasteiger partial charge in [0.2, 0.25) is 0 Å². The SMILES string of the molecule is CCOC(=O)Cc1csc(NC(=O)c2cn(C)nc2-c2ccccc2Cl)n1. The quantitative estimate of drug-likeness (QED) is 0.635. The number of hydrogen-bond acceptors (Lipinski definition) is 6. The number of thiazole rings is 1. The molecule has 0 unspecified atom stereocenters. The number of nitrogens with zero attached hydrogens (tertiary/aromatic N) is 3. The molecule has 0 saturated carbocycles. The summed E-state index contributed by atoms with van der Waals surface area (Å²) in [6.07, 6.45) is 1.69. The molecule has 7 nitrogen and oxygen atoms in total. The first kappa shape index (κ1) is 19.1. The maximum absolute atomic E-state index is 12.7. The fourth-order valence-corrected chi connectivity index (χ4v) is 3.41. The van der Waals surface area contributed by atoms with Crippen LogP contribution in [0.1, 0.15) is 23.0 Å². The van der Waals surface area contributed by atoms with Gasteiger partial charge in [-0.3, -0.25) is 19.6 Å². The van der Waals surface area contributed by atoms with Gasteiger partial charge < -0.3 is 4.74 Å². The highest BCUT2D eigenvalue weighted by molar-refractivity contribution is 7.14. The summed E-state index contributed by atoms with van der Waals surface area (Å²) in [6.45, 7) is 2.06. The van der Waals surface area contributed by atoms with Crippen molar-refractivity contribution in [2.45, 2.75) is 13.3 Å². The van der Waals surface area contributed by atoms with Crippen LogP contribution in [0.2, 0.25) is 5.02 Å². The van der Waals surface area contributed by atoms with Crippen molar-refractivity contribution < 1.29 is 14.3 Å². The summed E-state index contributed by atoms with van der Waals surface area (Å²) >= 11 is 7.49. The van der Waals surface area contributed by atoms with Crippen LogP contribution in [-0.2, 0) is 23.0 Å². The van der Waals surface area contributed by atoms with Crippen LogP contribution in [0.3, 0.4) is 0 Å². The normalized spacial score (nSPS) is 10.6. The molecule has 0 atom stereocenters. The van der Waals surface area contributed by atoms with E-state index in [9.17, 15) is 9.59 Å². The van der Waals surface area contributed by atoms with Crippen molar-refractivity contribution in [2.75, 3.05) is 11.9 Å². The van der Waals surface area contributed by atoms with Gasteiger partial charge in [0.25, 0.3) is 5.91 Å². The maximum Gasteiger partial charge on any atom is 0.311 e. The zero-order valence-corrected chi connectivity index (χ0v) is 16.3. The Morgan fingerprint density at radius 3 is 2.85 bits per heavy atom. The Morgan fingerprint density at radius 2 is 2.11 bits per heavy atom. The minimum absolute atomic E-state index is 0.0674. The molecule has 3 aromatic rings. The first-order chi connectivity index (χ1) is 13.0. The number of rotatable bonds is 6. The van der Waals surface area contributed by atoms with Crippen LogP contribution < -0.4 is 5.32 Å². The van der Waals surface area contributed by atoms with Gasteiger partial charge in [-0.05, 0) is 13.0 Å². The van der Waals surface area contributed by atoms with Gasteiger partial charge in [-0.25, -0.2) is 4.98 Å². The third-order valence-corrected chi connectivity index (χ3v) is 4.74. The van der Waals surface area contributed by atoms with Crippen molar-refractivity contribution in [3.63, 3.8) is 0 Å². The Balaban J connectivity index is 1.79. The van der Waals surface area contributed by atoms with Crippen LogP contribution in [-0.4, -0.2) is 33.2 Å². The summed E-state index contributed by atoms with van der Waals surface area (Å²) in [6, 6.07) is 7.20. The van der Waals surface area contributed by atoms with Crippen molar-refractivity contribution in [1.82, 2.24) is 14.8 Å². The topological polar surface area (TPSA) is 86.1 Å². The van der Waals surface area contributed by atoms with Crippen LogP contribution in [0, 0.1) is 0 Å². The van der Waals surface area contributed by atoms with Crippen LogP contribution >= 0.6 is 22.9 Å². The predicted molar refractivity (Wildman–Crippen MR) is 104 cm³/mol. The third kappa shape index (κ3) is 4.53. The first-order valence-corrected chi connectivity index (χ1v) is 9.43. The van der Waals surface area contributed by atoms with E-state index < -0.39 is 0 Å². The molecule has 0 radical (unpaired) electrons. The standard InChI is InChI=1S/C18H17ClN4O3S/c1-3-26-15(24)8-11-10-27-18(20-11)21-17(25)13-9-23(2)22-16(13)12-6-4-5-7-14(12)19/h4-7,9-10H,3,8H2,1-2H3,(H,20,21,25). The van der Waals surface area contributed by atoms with Crippen molar-refractivity contribution in [1.29, 1.82) is 0 Å². The molecule has 0 spiro atoms. The monoisotopic (exact) mass is 404 g/mol. The highest BCUT2D eigenvalue weighted by atomic mass is 35.5. The minimum Gasteiger partial charge on any atom is -0.466 e. The van der Waals surface area contributed by atoms with Gasteiger partial charge in [0, 0.05) is 24.2 Å². The molecular weight excluding hydrogens is 388 g/mol. The molecule has 2 aromatic heterocycles. The molecule has 1 N–H and O–H groups in total. The average Bonchev–Trinajstić information content (AvgIpc) is 3.22. The van der Waals surface area contributed by atoms with Crippen molar-refractivity contribution in [3.05, 3.63) is 52.1 Å². The van der Waals surface area contributed by atoms with E-state index in [1.807, 2.05) is 18.2 Å². The summed E-state index contributed by atoms with van der Waals surface area (Å²) in [7, 11) is 1.73. The molecule has 9 heteroatoms. The number of carbonyl (C=O) groups excluding carboxylic acids is 2. The number of aryl methyl sites for hydroxylation is 1. The van der Waals surface area contributed by atoms with Crippen LogP contribution in [0.25, 0.3) is 11.3 Å². The highest BCUT2D eigenvalue weighted by Gasteiger charge is 2.20. The maximum atomic E-state index is 12.7. The van der Waals surface area contributed by atoms with E-state index >= 15 is 0 Å². The molecule has 0 saturated heterocycles. The molecule has 27 heavy (non-hydrogen) atoms. The Labute approximate surface area is 164 Å². The van der Waals surface area contributed by atoms with E-state index in [-0.39, 0.29) is 18.3 Å². The fraction of sp³-hybridized carbons (Fsp3) is 0.222. The third-order valence-electron chi connectivity index (χ3n) is 3.61. The summed E-state index contributed by atoms with van der Waals surface area (Å²) in [5.41, 5.74) is 2.09. The first-order valence-electron chi connectivity index (χ1n) is 8.18. The van der Waals surface area contributed by atoms with E-state index in [2.05, 4.69) is 15.4 Å². The lowest BCUT2D eigenvalue weighted by molar-refractivity contribution is -0.142. The zero-order chi connectivity index (χ0) is 19.4. The Morgan fingerprint density at radius 1 is 1.33 bits per heavy atom. The van der Waals surface area contributed by atoms with E-state index in [1.165, 1.54) is 11.3 Å². The molecule has 2 heterocycles. The number of halogens is 1. The Bertz CT molecular complexity index is 983. The number of amides is 1. The van der Waals surface area contributed by atoms with E-state index in [1.54, 1.807) is 36.3 Å². The van der Waals surface area contributed by atoms with Gasteiger partial charge in [0.05, 0.1) is 29.3 Å². The lowest BCUT2D eigenvalue weighted by atomic mass is 10.1. The van der Waals surface area contributed by atoms with Crippen LogP contribution in [0.5, 0.6) is 0 Å². The number of benzene rings is 1. The summed E-state index contributed by atoms with van der Waals surface area (Å²) in [5.74, 6) is -0.705. The number of nitrogens with one attached hydrogen (secondary N) is 1. The largest absolute Gasteiger partial charge is 0.466 e. The van der Waals surface area contributed by atoms with Gasteiger partial charge in [-0.15, -0.1) is 11.3 Å². The zero-order valence-electron chi connectivity index (χ0n) is 14.7. The number of anilines is 1. The van der Waals surface area contributed by atoms with Gasteiger partial charge in [-0.2, -0.15) is 5.10 Å². The molecule has 3 rings (SSSR count). The van der Waals surface area contributed by atoms with E-state index in [0.717, 1.165) is 0 Å². The number of carbonyl (C=O) groups is 2. The van der Waals surface area contributed by atoms with Crippen LogP contribution in [0.15, 0.2) is 35.8 Å². The lowest BCUT2D eigenvalue weighted by Crippen LogP contribution is -2.12. The second kappa shape index (κ2) is 8.32. The number of hydrogen-bond donors (Lipinski definition) is 1. The molecule has 1 amide bonds. The summed E-state index contributed by atoms with van der Waals surface area (Å²) < 4.78 is 6.46. The lowest BCUT2D eigenvalue weighted by Gasteiger charge is -2.04. The van der Waals surface area contributed by atoms with E-state index in [4.69, 9.17) is 16.3 Å². The van der Waals surface area contributed by atoms with Gasteiger partial charge in [0.15, 0.2) is 5.13 Å². The van der Waals surface area contributed by atoms with E-state index in [0.29, 0.717) is 39.3 Å². The van der Waals surface area contributed by atoms with Gasteiger partial charge in [0.1, 0.15) is 5.69 Å². The van der Waals surface area contributed by atoms with Crippen molar-refractivity contribution in [3.8, 4) is 11.3 Å². The smallest absolute Gasteiger partial charge is 0.311 e. The number of esters is 1. The minimum atomic E-state index is -0.353. The molecule has 0 fully saturated rings. The number of ether oxygens (including phenoxy) is 1. The molecule has 0 aliphatic rings. The van der Waals surface area contributed by atoms with Gasteiger partial charge >= 0.3 is 5.97 Å². The van der Waals surface area contributed by atoms with Gasteiger partial charge in [-0.1, -0.05) is 29.8 Å².